The van der Waals surface area contributed by atoms with Crippen LogP contribution in [0.25, 0.3) is 0 Å². The van der Waals surface area contributed by atoms with E-state index in [0.29, 0.717) is 0 Å². The van der Waals surface area contributed by atoms with Gasteiger partial charge in [0.2, 0.25) is 0 Å². The van der Waals surface area contributed by atoms with Crippen molar-refractivity contribution in [2.24, 2.45) is 0 Å². The maximum absolute atomic E-state index is 2.47. The summed E-state index contributed by atoms with van der Waals surface area (Å²) in [6.07, 6.45) is 18.7. The molecule has 0 fully saturated rings. The molecule has 0 spiro atoms. The summed E-state index contributed by atoms with van der Waals surface area (Å²) in [6, 6.07) is 43.6. The van der Waals surface area contributed by atoms with E-state index in [9.17, 15) is 0 Å². The van der Waals surface area contributed by atoms with Crippen LogP contribution >= 0.6 is 14.5 Å². The molecule has 0 bridgehead atoms. The number of aryl methyl sites for hydroxylation is 1. The minimum absolute atomic E-state index is 1.14. The summed E-state index contributed by atoms with van der Waals surface area (Å²) in [5, 5.41) is 5.81. The summed E-state index contributed by atoms with van der Waals surface area (Å²) < 4.78 is 0. The van der Waals surface area contributed by atoms with Gasteiger partial charge in [-0.2, -0.15) is 0 Å². The first kappa shape index (κ1) is 32.6. The molecule has 0 nitrogen and oxygen atoms in total. The summed E-state index contributed by atoms with van der Waals surface area (Å²) in [4.78, 5) is 0. The molecule has 0 aliphatic heterocycles. The van der Waals surface area contributed by atoms with Crippen molar-refractivity contribution in [1.82, 2.24) is 0 Å². The van der Waals surface area contributed by atoms with E-state index in [4.69, 9.17) is 0 Å². The fourth-order valence-corrected chi connectivity index (χ4v) is 17.8. The fraction of sp³-hybridized carbons (Fsp3) is 0.400. The number of benzene rings is 4. The summed E-state index contributed by atoms with van der Waals surface area (Å²) in [5.74, 6) is 0. The van der Waals surface area contributed by atoms with Gasteiger partial charge in [-0.1, -0.05) is 0 Å². The molecule has 0 unspecified atom stereocenters. The van der Waals surface area contributed by atoms with E-state index < -0.39 is 14.5 Å². The maximum atomic E-state index is 2.47. The van der Waals surface area contributed by atoms with Crippen LogP contribution in [0.15, 0.2) is 115 Å². The van der Waals surface area contributed by atoms with Crippen molar-refractivity contribution in [2.45, 2.75) is 78.6 Å². The van der Waals surface area contributed by atoms with Gasteiger partial charge in [0.15, 0.2) is 0 Å². The molecular formula is C40H56P2. The zero-order valence-corrected chi connectivity index (χ0v) is 28.7. The SMILES string of the molecule is CCCC[PH](CCCC)(CCCC)CCCCc1ccc([PH](c2ccccc2)(c2ccccc2)c2ccccc2)cc1. The van der Waals surface area contributed by atoms with Gasteiger partial charge >= 0.3 is 260 Å². The van der Waals surface area contributed by atoms with Gasteiger partial charge in [-0.05, 0) is 0 Å². The van der Waals surface area contributed by atoms with E-state index in [1.54, 1.807) is 24.6 Å². The van der Waals surface area contributed by atoms with Crippen LogP contribution in [0.2, 0.25) is 0 Å². The molecular weight excluding hydrogens is 542 g/mol. The molecule has 0 saturated heterocycles. The van der Waals surface area contributed by atoms with Gasteiger partial charge in [-0.15, -0.1) is 0 Å². The van der Waals surface area contributed by atoms with Crippen LogP contribution in [0.3, 0.4) is 0 Å². The van der Waals surface area contributed by atoms with E-state index >= 15 is 0 Å². The van der Waals surface area contributed by atoms with Crippen molar-refractivity contribution < 1.29 is 0 Å². The van der Waals surface area contributed by atoms with Crippen molar-refractivity contribution in [3.8, 4) is 0 Å². The topological polar surface area (TPSA) is 0 Å². The van der Waals surface area contributed by atoms with E-state index in [0.717, 1.165) is 0 Å². The van der Waals surface area contributed by atoms with E-state index in [1.165, 1.54) is 84.6 Å². The molecule has 0 heterocycles. The number of hydrogen-bond donors (Lipinski definition) is 0. The second-order valence-corrected chi connectivity index (χ2v) is 21.4. The Hall–Kier alpha value is -2.26. The average molecular weight is 599 g/mol. The van der Waals surface area contributed by atoms with E-state index in [-0.39, 0.29) is 0 Å². The molecule has 0 aliphatic rings. The Bertz CT molecular complexity index is 1150. The monoisotopic (exact) mass is 598 g/mol. The standard InChI is InChI=1S/C40H56P2/c1-4-7-32-41(33-8-5-2,34-9-6-3)35-20-19-21-36-28-30-40(31-29-36)42(37-22-13-10-14-23-37,38-24-15-11-16-25-38)39-26-17-12-18-27-39/h10-18,22-31,41-42H,4-9,19-21,32-35H2,1-3H3. The van der Waals surface area contributed by atoms with Crippen molar-refractivity contribution in [3.05, 3.63) is 121 Å². The van der Waals surface area contributed by atoms with Crippen molar-refractivity contribution in [3.63, 3.8) is 0 Å². The van der Waals surface area contributed by atoms with E-state index in [1.807, 2.05) is 0 Å². The van der Waals surface area contributed by atoms with E-state index in [2.05, 4.69) is 136 Å². The van der Waals surface area contributed by atoms with Crippen LogP contribution < -0.4 is 21.2 Å². The zero-order valence-electron chi connectivity index (χ0n) is 26.7. The van der Waals surface area contributed by atoms with Crippen LogP contribution in [-0.2, 0) is 6.42 Å². The first-order valence-corrected chi connectivity index (χ1v) is 21.8. The number of hydrogen-bond acceptors (Lipinski definition) is 0. The summed E-state index contributed by atoms with van der Waals surface area (Å²) in [7, 11) is -3.56. The molecule has 4 aromatic rings. The van der Waals surface area contributed by atoms with Gasteiger partial charge < -0.3 is 0 Å². The predicted molar refractivity (Wildman–Crippen MR) is 198 cm³/mol. The molecule has 226 valence electrons. The molecule has 42 heavy (non-hydrogen) atoms. The Balaban J connectivity index is 1.56. The summed E-state index contributed by atoms with van der Waals surface area (Å²) in [5.41, 5.74) is 1.50. The van der Waals surface area contributed by atoms with Gasteiger partial charge in [0.25, 0.3) is 0 Å². The Labute approximate surface area is 259 Å². The first-order chi connectivity index (χ1) is 20.7. The van der Waals surface area contributed by atoms with Crippen LogP contribution in [0.4, 0.5) is 0 Å². The molecule has 0 radical (unpaired) electrons. The molecule has 0 aromatic heterocycles. The Morgan fingerprint density at radius 2 is 0.738 bits per heavy atom. The van der Waals surface area contributed by atoms with Gasteiger partial charge in [0.05, 0.1) is 0 Å². The number of unbranched alkanes of at least 4 members (excludes halogenated alkanes) is 4. The van der Waals surface area contributed by atoms with Crippen LogP contribution in [0.1, 0.15) is 77.7 Å². The van der Waals surface area contributed by atoms with Gasteiger partial charge in [0.1, 0.15) is 0 Å². The van der Waals surface area contributed by atoms with Gasteiger partial charge in [-0.3, -0.25) is 0 Å². The molecule has 0 saturated carbocycles. The Kier molecular flexibility index (Phi) is 13.3. The molecule has 0 amide bonds. The van der Waals surface area contributed by atoms with Crippen molar-refractivity contribution in [1.29, 1.82) is 0 Å². The quantitative estimate of drug-likeness (QED) is 0.0790. The predicted octanol–water partition coefficient (Wildman–Crippen LogP) is 9.51. The third kappa shape index (κ3) is 8.22. The molecule has 0 atom stereocenters. The second kappa shape index (κ2) is 17.1. The minimum atomic E-state index is -2.42. The summed E-state index contributed by atoms with van der Waals surface area (Å²) in [6.45, 7) is 7.15. The molecule has 4 rings (SSSR count). The average Bonchev–Trinajstić information content (AvgIpc) is 3.06. The van der Waals surface area contributed by atoms with Crippen LogP contribution in [0, 0.1) is 0 Å². The Morgan fingerprint density at radius 3 is 1.12 bits per heavy atom. The second-order valence-electron chi connectivity index (χ2n) is 12.6. The fourth-order valence-electron chi connectivity index (χ4n) is 7.22. The molecule has 2 heteroatoms. The first-order valence-electron chi connectivity index (χ1n) is 16.9. The molecule has 4 aromatic carbocycles. The normalized spacial score (nSPS) is 12.7. The summed E-state index contributed by atoms with van der Waals surface area (Å²) >= 11 is 0. The third-order valence-electron chi connectivity index (χ3n) is 9.61. The molecule has 0 aliphatic carbocycles. The van der Waals surface area contributed by atoms with Crippen LogP contribution in [0.5, 0.6) is 0 Å². The Morgan fingerprint density at radius 1 is 0.381 bits per heavy atom. The van der Waals surface area contributed by atoms with Crippen molar-refractivity contribution >= 4 is 35.7 Å². The molecule has 0 N–H and O–H groups in total. The van der Waals surface area contributed by atoms with Crippen molar-refractivity contribution in [2.75, 3.05) is 24.6 Å². The number of rotatable bonds is 18. The third-order valence-corrected chi connectivity index (χ3v) is 20.1. The van der Waals surface area contributed by atoms with Crippen LogP contribution in [-0.4, -0.2) is 24.6 Å². The van der Waals surface area contributed by atoms with Gasteiger partial charge in [-0.25, -0.2) is 0 Å². The zero-order chi connectivity index (χ0) is 29.5. The van der Waals surface area contributed by atoms with Gasteiger partial charge in [0, 0.05) is 0 Å².